The summed E-state index contributed by atoms with van der Waals surface area (Å²) in [4.78, 5) is 0.374. The Balaban J connectivity index is 1.92. The molecule has 0 aromatic carbocycles. The molecule has 16 heavy (non-hydrogen) atoms. The summed E-state index contributed by atoms with van der Waals surface area (Å²) >= 11 is 4.80. The zero-order chi connectivity index (χ0) is 11.6. The van der Waals surface area contributed by atoms with Crippen LogP contribution in [0.4, 0.5) is 0 Å². The highest BCUT2D eigenvalue weighted by Crippen LogP contribution is 2.09. The second-order valence-corrected chi connectivity index (χ2v) is 4.33. The van der Waals surface area contributed by atoms with Gasteiger partial charge in [-0.25, -0.2) is 5.10 Å². The van der Waals surface area contributed by atoms with Crippen LogP contribution in [-0.4, -0.2) is 10.2 Å². The SMILES string of the molecule is C=CCCCCCCCCc1n[nH]c(=S)o1. The van der Waals surface area contributed by atoms with Crippen molar-refractivity contribution >= 4 is 12.2 Å². The van der Waals surface area contributed by atoms with E-state index >= 15 is 0 Å². The van der Waals surface area contributed by atoms with E-state index in [0.717, 1.165) is 25.2 Å². The number of unbranched alkanes of at least 4 members (excludes halogenated alkanes) is 6. The molecule has 1 heterocycles. The molecule has 0 saturated carbocycles. The van der Waals surface area contributed by atoms with Gasteiger partial charge in [0.2, 0.25) is 5.89 Å². The molecule has 0 amide bonds. The quantitative estimate of drug-likeness (QED) is 0.400. The Morgan fingerprint density at radius 3 is 2.50 bits per heavy atom. The van der Waals surface area contributed by atoms with Crippen molar-refractivity contribution in [3.63, 3.8) is 0 Å². The lowest BCUT2D eigenvalue weighted by Gasteiger charge is -1.99. The van der Waals surface area contributed by atoms with E-state index in [2.05, 4.69) is 16.8 Å². The molecule has 1 rings (SSSR count). The van der Waals surface area contributed by atoms with Gasteiger partial charge in [-0.05, 0) is 31.5 Å². The average molecular weight is 240 g/mol. The Morgan fingerprint density at radius 2 is 1.88 bits per heavy atom. The Labute approximate surface area is 102 Å². The van der Waals surface area contributed by atoms with E-state index in [9.17, 15) is 0 Å². The lowest BCUT2D eigenvalue weighted by atomic mass is 10.1. The zero-order valence-electron chi connectivity index (χ0n) is 9.71. The van der Waals surface area contributed by atoms with E-state index < -0.39 is 0 Å². The molecule has 0 aliphatic heterocycles. The summed E-state index contributed by atoms with van der Waals surface area (Å²) in [6, 6.07) is 0. The van der Waals surface area contributed by atoms with Gasteiger partial charge in [0.25, 0.3) is 4.84 Å². The Bertz CT molecular complexity index is 343. The van der Waals surface area contributed by atoms with Crippen LogP contribution in [0.5, 0.6) is 0 Å². The van der Waals surface area contributed by atoms with Crippen LogP contribution in [0.2, 0.25) is 0 Å². The predicted octanol–water partition coefficient (Wildman–Crippen LogP) is 4.19. The van der Waals surface area contributed by atoms with Crippen molar-refractivity contribution in [2.75, 3.05) is 0 Å². The molecule has 1 aromatic rings. The molecule has 0 radical (unpaired) electrons. The molecule has 0 aliphatic carbocycles. The van der Waals surface area contributed by atoms with E-state index in [1.54, 1.807) is 0 Å². The smallest absolute Gasteiger partial charge is 0.284 e. The third kappa shape index (κ3) is 5.85. The molecule has 0 fully saturated rings. The van der Waals surface area contributed by atoms with Gasteiger partial charge in [-0.15, -0.1) is 11.7 Å². The summed E-state index contributed by atoms with van der Waals surface area (Å²) in [5.74, 6) is 0.733. The van der Waals surface area contributed by atoms with Gasteiger partial charge in [-0.1, -0.05) is 31.8 Å². The molecule has 1 N–H and O–H groups in total. The number of allylic oxidation sites excluding steroid dienone is 1. The van der Waals surface area contributed by atoms with Crippen LogP contribution in [0.15, 0.2) is 17.1 Å². The Hall–Kier alpha value is -0.900. The van der Waals surface area contributed by atoms with Gasteiger partial charge in [-0.3, -0.25) is 0 Å². The molecular formula is C12H20N2OS. The molecular weight excluding hydrogens is 220 g/mol. The van der Waals surface area contributed by atoms with Gasteiger partial charge < -0.3 is 4.42 Å². The van der Waals surface area contributed by atoms with Gasteiger partial charge in [-0.2, -0.15) is 0 Å². The van der Waals surface area contributed by atoms with E-state index in [0.29, 0.717) is 4.84 Å². The summed E-state index contributed by atoms with van der Waals surface area (Å²) in [7, 11) is 0. The molecule has 3 nitrogen and oxygen atoms in total. The predicted molar refractivity (Wildman–Crippen MR) is 67.9 cm³/mol. The van der Waals surface area contributed by atoms with Crippen molar-refractivity contribution in [3.8, 4) is 0 Å². The van der Waals surface area contributed by atoms with Crippen molar-refractivity contribution in [2.45, 2.75) is 51.4 Å². The summed E-state index contributed by atoms with van der Waals surface area (Å²) in [6.07, 6.45) is 11.6. The first-order chi connectivity index (χ1) is 7.83. The lowest BCUT2D eigenvalue weighted by molar-refractivity contribution is 0.466. The van der Waals surface area contributed by atoms with Gasteiger partial charge in [0.05, 0.1) is 0 Å². The summed E-state index contributed by atoms with van der Waals surface area (Å²) in [5.41, 5.74) is 0. The van der Waals surface area contributed by atoms with Gasteiger partial charge in [0.15, 0.2) is 0 Å². The number of aromatic amines is 1. The van der Waals surface area contributed by atoms with Crippen LogP contribution >= 0.6 is 12.2 Å². The topological polar surface area (TPSA) is 41.8 Å². The van der Waals surface area contributed by atoms with Gasteiger partial charge >= 0.3 is 0 Å². The van der Waals surface area contributed by atoms with Crippen LogP contribution in [0.3, 0.4) is 0 Å². The first-order valence-electron chi connectivity index (χ1n) is 5.98. The highest BCUT2D eigenvalue weighted by molar-refractivity contribution is 7.71. The van der Waals surface area contributed by atoms with Crippen LogP contribution in [0, 0.1) is 4.84 Å². The summed E-state index contributed by atoms with van der Waals surface area (Å²) in [5, 5.41) is 6.60. The minimum Gasteiger partial charge on any atom is -0.414 e. The number of hydrogen-bond donors (Lipinski definition) is 1. The number of H-pyrrole nitrogens is 1. The number of aryl methyl sites for hydroxylation is 1. The normalized spacial score (nSPS) is 10.5. The minimum absolute atomic E-state index is 0.374. The number of nitrogens with one attached hydrogen (secondary N) is 1. The number of rotatable bonds is 9. The molecule has 4 heteroatoms. The van der Waals surface area contributed by atoms with E-state index in [-0.39, 0.29) is 0 Å². The highest BCUT2D eigenvalue weighted by atomic mass is 32.1. The fourth-order valence-corrected chi connectivity index (χ4v) is 1.78. The maximum atomic E-state index is 5.18. The maximum Gasteiger partial charge on any atom is 0.284 e. The van der Waals surface area contributed by atoms with Crippen molar-refractivity contribution in [3.05, 3.63) is 23.4 Å². The van der Waals surface area contributed by atoms with Gasteiger partial charge in [0, 0.05) is 6.42 Å². The maximum absolute atomic E-state index is 5.18. The molecule has 0 spiro atoms. The van der Waals surface area contributed by atoms with Crippen LogP contribution < -0.4 is 0 Å². The van der Waals surface area contributed by atoms with E-state index in [1.165, 1.54) is 32.1 Å². The van der Waals surface area contributed by atoms with Crippen molar-refractivity contribution < 1.29 is 4.42 Å². The van der Waals surface area contributed by atoms with E-state index in [1.807, 2.05) is 6.08 Å². The first kappa shape index (κ1) is 13.2. The third-order valence-electron chi connectivity index (χ3n) is 2.53. The number of aromatic nitrogens is 2. The fourth-order valence-electron chi connectivity index (χ4n) is 1.64. The van der Waals surface area contributed by atoms with Crippen molar-refractivity contribution in [1.29, 1.82) is 0 Å². The van der Waals surface area contributed by atoms with Crippen molar-refractivity contribution in [1.82, 2.24) is 10.2 Å². The first-order valence-corrected chi connectivity index (χ1v) is 6.39. The lowest BCUT2D eigenvalue weighted by Crippen LogP contribution is -1.86. The second kappa shape index (κ2) is 8.28. The Morgan fingerprint density at radius 1 is 1.19 bits per heavy atom. The third-order valence-corrected chi connectivity index (χ3v) is 2.71. The summed E-state index contributed by atoms with van der Waals surface area (Å²) in [6.45, 7) is 3.71. The number of hydrogen-bond acceptors (Lipinski definition) is 3. The Kier molecular flexibility index (Phi) is 6.81. The van der Waals surface area contributed by atoms with Crippen LogP contribution in [0.1, 0.15) is 50.8 Å². The molecule has 1 aromatic heterocycles. The molecule has 0 unspecified atom stereocenters. The molecule has 0 saturated heterocycles. The van der Waals surface area contributed by atoms with Crippen molar-refractivity contribution in [2.24, 2.45) is 0 Å². The molecule has 90 valence electrons. The number of nitrogens with zero attached hydrogens (tertiary/aromatic N) is 1. The average Bonchev–Trinajstić information content (AvgIpc) is 2.68. The minimum atomic E-state index is 0.374. The highest BCUT2D eigenvalue weighted by Gasteiger charge is 1.98. The van der Waals surface area contributed by atoms with Gasteiger partial charge in [0.1, 0.15) is 0 Å². The molecule has 0 aliphatic rings. The van der Waals surface area contributed by atoms with Crippen LogP contribution in [0.25, 0.3) is 0 Å². The monoisotopic (exact) mass is 240 g/mol. The standard InChI is InChI=1S/C12H20N2OS/c1-2-3-4-5-6-7-8-9-10-11-13-14-12(16)15-11/h2H,1,3-10H2,(H,14,16). The van der Waals surface area contributed by atoms with E-state index in [4.69, 9.17) is 16.6 Å². The molecule has 0 bridgehead atoms. The second-order valence-electron chi connectivity index (χ2n) is 3.96. The fraction of sp³-hybridized carbons (Fsp3) is 0.667. The molecule has 0 atom stereocenters. The summed E-state index contributed by atoms with van der Waals surface area (Å²) < 4.78 is 5.18. The van der Waals surface area contributed by atoms with Crippen LogP contribution in [-0.2, 0) is 6.42 Å². The zero-order valence-corrected chi connectivity index (χ0v) is 10.5. The largest absolute Gasteiger partial charge is 0.414 e.